The van der Waals surface area contributed by atoms with E-state index in [0.29, 0.717) is 6.42 Å². The zero-order chi connectivity index (χ0) is 27.9. The summed E-state index contributed by atoms with van der Waals surface area (Å²) >= 11 is 0. The molecule has 0 aromatic carbocycles. The molecule has 0 aliphatic heterocycles. The lowest BCUT2D eigenvalue weighted by molar-refractivity contribution is -0.123. The molecule has 0 saturated heterocycles. The first kappa shape index (κ1) is 36.6. The van der Waals surface area contributed by atoms with Crippen LogP contribution in [0.15, 0.2) is 36.5 Å². The summed E-state index contributed by atoms with van der Waals surface area (Å²) in [5.41, 5.74) is 0. The van der Waals surface area contributed by atoms with E-state index in [-0.39, 0.29) is 12.5 Å². The lowest BCUT2D eigenvalue weighted by Gasteiger charge is -2.20. The van der Waals surface area contributed by atoms with Crippen molar-refractivity contribution >= 4 is 5.91 Å². The van der Waals surface area contributed by atoms with Gasteiger partial charge in [0, 0.05) is 6.42 Å². The Bertz CT molecular complexity index is 584. The first-order valence-corrected chi connectivity index (χ1v) is 16.2. The summed E-state index contributed by atoms with van der Waals surface area (Å²) in [5, 5.41) is 22.6. The van der Waals surface area contributed by atoms with Gasteiger partial charge in [-0.1, -0.05) is 134 Å². The maximum Gasteiger partial charge on any atom is 0.220 e. The Balaban J connectivity index is 3.59. The van der Waals surface area contributed by atoms with Crippen LogP contribution in [0.2, 0.25) is 0 Å². The van der Waals surface area contributed by atoms with Gasteiger partial charge < -0.3 is 15.5 Å². The van der Waals surface area contributed by atoms with E-state index in [2.05, 4.69) is 43.5 Å². The van der Waals surface area contributed by atoms with Gasteiger partial charge in [-0.2, -0.15) is 0 Å². The third-order valence-electron chi connectivity index (χ3n) is 7.12. The number of aliphatic hydroxyl groups excluding tert-OH is 2. The maximum atomic E-state index is 12.2. The number of hydrogen-bond acceptors (Lipinski definition) is 3. The van der Waals surface area contributed by atoms with E-state index in [1.54, 1.807) is 6.08 Å². The average Bonchev–Trinajstić information content (AvgIpc) is 2.92. The highest BCUT2D eigenvalue weighted by Crippen LogP contribution is 2.12. The van der Waals surface area contributed by atoms with E-state index in [0.717, 1.165) is 32.1 Å². The van der Waals surface area contributed by atoms with Crippen LogP contribution in [0.5, 0.6) is 0 Å². The van der Waals surface area contributed by atoms with Crippen LogP contribution in [0.1, 0.15) is 155 Å². The summed E-state index contributed by atoms with van der Waals surface area (Å²) in [7, 11) is 0. The number of rotatable bonds is 28. The van der Waals surface area contributed by atoms with Crippen molar-refractivity contribution in [3.63, 3.8) is 0 Å². The molecule has 38 heavy (non-hydrogen) atoms. The second-order valence-corrected chi connectivity index (χ2v) is 10.9. The van der Waals surface area contributed by atoms with Crippen molar-refractivity contribution in [2.24, 2.45) is 0 Å². The smallest absolute Gasteiger partial charge is 0.220 e. The van der Waals surface area contributed by atoms with Crippen LogP contribution in [0.4, 0.5) is 0 Å². The number of nitrogens with one attached hydrogen (secondary N) is 1. The third-order valence-corrected chi connectivity index (χ3v) is 7.12. The highest BCUT2D eigenvalue weighted by Gasteiger charge is 2.17. The van der Waals surface area contributed by atoms with Gasteiger partial charge in [0.15, 0.2) is 0 Å². The Kier molecular flexibility index (Phi) is 29.1. The van der Waals surface area contributed by atoms with Crippen LogP contribution >= 0.6 is 0 Å². The number of aliphatic hydroxyl groups is 2. The van der Waals surface area contributed by atoms with Crippen LogP contribution in [-0.2, 0) is 4.79 Å². The van der Waals surface area contributed by atoms with Gasteiger partial charge in [-0.15, -0.1) is 0 Å². The number of allylic oxidation sites excluding steroid dienone is 5. The fourth-order valence-corrected chi connectivity index (χ4v) is 4.56. The van der Waals surface area contributed by atoms with Crippen LogP contribution < -0.4 is 5.32 Å². The molecule has 0 bridgehead atoms. The van der Waals surface area contributed by atoms with Crippen molar-refractivity contribution in [2.45, 2.75) is 167 Å². The minimum absolute atomic E-state index is 0.0758. The SMILES string of the molecule is CCCCC/C=C\C/C=C\CCCCCCCCCCCC(=O)NC(CO)C(O)/C=C/CCCCCCC. The van der Waals surface area contributed by atoms with Gasteiger partial charge in [0.1, 0.15) is 0 Å². The molecule has 0 saturated carbocycles. The predicted molar refractivity (Wildman–Crippen MR) is 165 cm³/mol. The van der Waals surface area contributed by atoms with Gasteiger partial charge in [0.25, 0.3) is 0 Å². The lowest BCUT2D eigenvalue weighted by atomic mass is 10.0. The molecule has 2 atom stereocenters. The number of hydrogen-bond donors (Lipinski definition) is 3. The number of amides is 1. The number of carbonyl (C=O) groups is 1. The summed E-state index contributed by atoms with van der Waals surface area (Å²) < 4.78 is 0. The lowest BCUT2D eigenvalue weighted by Crippen LogP contribution is -2.45. The summed E-state index contributed by atoms with van der Waals surface area (Å²) in [6.07, 6.45) is 38.0. The van der Waals surface area contributed by atoms with Gasteiger partial charge in [-0.05, 0) is 51.4 Å². The van der Waals surface area contributed by atoms with Crippen molar-refractivity contribution in [1.29, 1.82) is 0 Å². The molecular formula is C34H63NO3. The second kappa shape index (κ2) is 30.2. The first-order chi connectivity index (χ1) is 18.7. The van der Waals surface area contributed by atoms with Crippen molar-refractivity contribution in [3.8, 4) is 0 Å². The summed E-state index contributed by atoms with van der Waals surface area (Å²) in [6, 6.07) is -0.619. The van der Waals surface area contributed by atoms with Crippen LogP contribution in [0, 0.1) is 0 Å². The predicted octanol–water partition coefficient (Wildman–Crippen LogP) is 9.12. The zero-order valence-electron chi connectivity index (χ0n) is 25.2. The normalized spacial score (nSPS) is 13.7. The fourth-order valence-electron chi connectivity index (χ4n) is 4.56. The van der Waals surface area contributed by atoms with Gasteiger partial charge in [0.05, 0.1) is 18.8 Å². The molecule has 2 unspecified atom stereocenters. The van der Waals surface area contributed by atoms with Gasteiger partial charge in [0.2, 0.25) is 5.91 Å². The highest BCUT2D eigenvalue weighted by molar-refractivity contribution is 5.76. The minimum Gasteiger partial charge on any atom is -0.394 e. The summed E-state index contributed by atoms with van der Waals surface area (Å²) in [4.78, 5) is 12.2. The largest absolute Gasteiger partial charge is 0.394 e. The summed E-state index contributed by atoms with van der Waals surface area (Å²) in [5.74, 6) is -0.0758. The zero-order valence-corrected chi connectivity index (χ0v) is 25.2. The molecule has 4 heteroatoms. The molecule has 0 aliphatic carbocycles. The Morgan fingerprint density at radius 1 is 0.632 bits per heavy atom. The minimum atomic E-state index is -0.835. The fraction of sp³-hybridized carbons (Fsp3) is 0.794. The molecule has 0 rings (SSSR count). The number of carbonyl (C=O) groups excluding carboxylic acids is 1. The molecule has 3 N–H and O–H groups in total. The molecule has 0 aliphatic rings. The van der Waals surface area contributed by atoms with Crippen molar-refractivity contribution in [3.05, 3.63) is 36.5 Å². The van der Waals surface area contributed by atoms with E-state index in [9.17, 15) is 15.0 Å². The monoisotopic (exact) mass is 533 g/mol. The van der Waals surface area contributed by atoms with E-state index in [1.807, 2.05) is 6.08 Å². The molecule has 0 spiro atoms. The Hall–Kier alpha value is -1.39. The van der Waals surface area contributed by atoms with Crippen molar-refractivity contribution in [2.75, 3.05) is 6.61 Å². The molecule has 0 radical (unpaired) electrons. The second-order valence-electron chi connectivity index (χ2n) is 10.9. The molecule has 4 nitrogen and oxygen atoms in total. The van der Waals surface area contributed by atoms with Crippen LogP contribution in [0.25, 0.3) is 0 Å². The number of unbranched alkanes of at least 4 members (excludes halogenated alkanes) is 17. The van der Waals surface area contributed by atoms with Gasteiger partial charge >= 0.3 is 0 Å². The van der Waals surface area contributed by atoms with E-state index in [1.165, 1.54) is 103 Å². The van der Waals surface area contributed by atoms with Gasteiger partial charge in [-0.25, -0.2) is 0 Å². The molecule has 1 amide bonds. The van der Waals surface area contributed by atoms with Crippen molar-refractivity contribution < 1.29 is 15.0 Å². The maximum absolute atomic E-state index is 12.2. The summed E-state index contributed by atoms with van der Waals surface area (Å²) in [6.45, 7) is 4.21. The molecule has 0 aromatic rings. The highest BCUT2D eigenvalue weighted by atomic mass is 16.3. The van der Waals surface area contributed by atoms with Crippen molar-refractivity contribution in [1.82, 2.24) is 5.32 Å². The molecule has 0 aromatic heterocycles. The first-order valence-electron chi connectivity index (χ1n) is 16.2. The van der Waals surface area contributed by atoms with E-state index < -0.39 is 12.1 Å². The quantitative estimate of drug-likeness (QED) is 0.0693. The molecular weight excluding hydrogens is 470 g/mol. The van der Waals surface area contributed by atoms with Gasteiger partial charge in [-0.3, -0.25) is 4.79 Å². The average molecular weight is 534 g/mol. The van der Waals surface area contributed by atoms with E-state index in [4.69, 9.17) is 0 Å². The van der Waals surface area contributed by atoms with Crippen LogP contribution in [0.3, 0.4) is 0 Å². The third kappa shape index (κ3) is 26.2. The standard InChI is InChI=1S/C34H63NO3/c1-3-5-7-9-11-12-13-14-15-16-17-18-19-20-21-22-24-26-28-30-34(38)35-32(31-36)33(37)29-27-25-23-10-8-6-4-2/h11-12,14-15,27,29,32-33,36-37H,3-10,13,16-26,28,30-31H2,1-2H3,(H,35,38)/b12-11-,15-14-,29-27+. The Morgan fingerprint density at radius 2 is 1.08 bits per heavy atom. The Labute approximate surface area is 236 Å². The molecule has 0 fully saturated rings. The van der Waals surface area contributed by atoms with Crippen LogP contribution in [-0.4, -0.2) is 34.9 Å². The van der Waals surface area contributed by atoms with E-state index >= 15 is 0 Å². The molecule has 0 heterocycles. The molecule has 222 valence electrons. The Morgan fingerprint density at radius 3 is 1.63 bits per heavy atom. The topological polar surface area (TPSA) is 69.6 Å².